The molecule has 0 saturated carbocycles. The summed E-state index contributed by atoms with van der Waals surface area (Å²) < 4.78 is 11.4. The number of hydrogen-bond donors (Lipinski definition) is 0. The van der Waals surface area contributed by atoms with Gasteiger partial charge in [0.05, 0.1) is 25.2 Å². The molecular formula is C21H23N3O3. The van der Waals surface area contributed by atoms with Gasteiger partial charge in [-0.1, -0.05) is 29.4 Å². The first-order valence-electron chi connectivity index (χ1n) is 9.23. The number of ether oxygens (including phenoxy) is 1. The van der Waals surface area contributed by atoms with Gasteiger partial charge in [0.1, 0.15) is 17.5 Å². The van der Waals surface area contributed by atoms with Crippen LogP contribution < -0.4 is 9.64 Å². The maximum Gasteiger partial charge on any atom is 0.228 e. The minimum atomic E-state index is -0.0668. The van der Waals surface area contributed by atoms with Gasteiger partial charge in [0.2, 0.25) is 5.91 Å². The van der Waals surface area contributed by atoms with E-state index in [1.54, 1.807) is 4.90 Å². The van der Waals surface area contributed by atoms with E-state index in [9.17, 15) is 4.79 Å². The Morgan fingerprint density at radius 2 is 2.00 bits per heavy atom. The Morgan fingerprint density at radius 1 is 1.22 bits per heavy atom. The first kappa shape index (κ1) is 17.4. The first-order chi connectivity index (χ1) is 13.2. The normalized spacial score (nSPS) is 16.1. The van der Waals surface area contributed by atoms with Gasteiger partial charge in [-0.2, -0.15) is 0 Å². The molecule has 2 aromatic carbocycles. The lowest BCUT2D eigenvalue weighted by Crippen LogP contribution is -2.47. The molecule has 1 aromatic heterocycles. The quantitative estimate of drug-likeness (QED) is 0.695. The molecule has 1 atom stereocenters. The Hall–Kier alpha value is -3.02. The molecule has 1 aliphatic rings. The Kier molecular flexibility index (Phi) is 4.71. The van der Waals surface area contributed by atoms with Crippen molar-refractivity contribution in [3.8, 4) is 5.75 Å². The molecule has 3 aromatic rings. The molecule has 0 fully saturated rings. The van der Waals surface area contributed by atoms with E-state index in [4.69, 9.17) is 9.26 Å². The van der Waals surface area contributed by atoms with E-state index in [1.807, 2.05) is 49.5 Å². The molecule has 1 amide bonds. The minimum Gasteiger partial charge on any atom is -0.485 e. The van der Waals surface area contributed by atoms with E-state index in [0.717, 1.165) is 29.9 Å². The number of hydrogen-bond acceptors (Lipinski definition) is 5. The number of benzene rings is 2. The van der Waals surface area contributed by atoms with Crippen molar-refractivity contribution in [2.75, 3.05) is 31.6 Å². The van der Waals surface area contributed by atoms with Crippen LogP contribution in [0.1, 0.15) is 12.6 Å². The van der Waals surface area contributed by atoms with E-state index in [0.29, 0.717) is 17.8 Å². The summed E-state index contributed by atoms with van der Waals surface area (Å²) in [5.41, 5.74) is 2.49. The highest BCUT2D eigenvalue weighted by atomic mass is 16.5. The molecule has 6 heteroatoms. The van der Waals surface area contributed by atoms with Crippen molar-refractivity contribution in [1.82, 2.24) is 10.1 Å². The highest BCUT2D eigenvalue weighted by Gasteiger charge is 2.27. The maximum atomic E-state index is 12.7. The van der Waals surface area contributed by atoms with Crippen LogP contribution in [0.2, 0.25) is 0 Å². The van der Waals surface area contributed by atoms with E-state index in [-0.39, 0.29) is 18.4 Å². The zero-order valence-corrected chi connectivity index (χ0v) is 15.6. The van der Waals surface area contributed by atoms with Gasteiger partial charge in [0.25, 0.3) is 0 Å². The zero-order chi connectivity index (χ0) is 18.8. The van der Waals surface area contributed by atoms with Gasteiger partial charge in [-0.15, -0.1) is 0 Å². The van der Waals surface area contributed by atoms with Crippen molar-refractivity contribution in [2.45, 2.75) is 19.4 Å². The third-order valence-corrected chi connectivity index (χ3v) is 4.98. The number of carbonyl (C=O) groups excluding carboxylic acids is 1. The lowest BCUT2D eigenvalue weighted by molar-refractivity contribution is -0.130. The summed E-state index contributed by atoms with van der Waals surface area (Å²) in [6.45, 7) is 4.32. The highest BCUT2D eigenvalue weighted by molar-refractivity contribution is 5.86. The maximum absolute atomic E-state index is 12.7. The van der Waals surface area contributed by atoms with Crippen molar-refractivity contribution in [3.05, 3.63) is 54.2 Å². The monoisotopic (exact) mass is 365 g/mol. The molecule has 0 aliphatic carbocycles. The Labute approximate surface area is 158 Å². The molecule has 0 spiro atoms. The second-order valence-electron chi connectivity index (χ2n) is 6.82. The van der Waals surface area contributed by atoms with Gasteiger partial charge in [-0.05, 0) is 31.2 Å². The molecule has 2 heterocycles. The summed E-state index contributed by atoms with van der Waals surface area (Å²) in [6.07, 6.45) is 0.150. The molecule has 0 saturated heterocycles. The predicted octanol–water partition coefficient (Wildman–Crippen LogP) is 3.12. The topological polar surface area (TPSA) is 58.8 Å². The van der Waals surface area contributed by atoms with Crippen LogP contribution in [0.25, 0.3) is 11.0 Å². The summed E-state index contributed by atoms with van der Waals surface area (Å²) >= 11 is 0. The van der Waals surface area contributed by atoms with Gasteiger partial charge < -0.3 is 19.1 Å². The summed E-state index contributed by atoms with van der Waals surface area (Å²) in [7, 11) is 1.81. The molecule has 27 heavy (non-hydrogen) atoms. The summed E-state index contributed by atoms with van der Waals surface area (Å²) in [5, 5.41) is 4.95. The molecular weight excluding hydrogens is 342 g/mol. The van der Waals surface area contributed by atoms with Crippen LogP contribution in [-0.4, -0.2) is 48.7 Å². The van der Waals surface area contributed by atoms with E-state index >= 15 is 0 Å². The third kappa shape index (κ3) is 3.47. The molecule has 0 bridgehead atoms. The predicted molar refractivity (Wildman–Crippen MR) is 104 cm³/mol. The second-order valence-corrected chi connectivity index (χ2v) is 6.82. The third-order valence-electron chi connectivity index (χ3n) is 4.98. The smallest absolute Gasteiger partial charge is 0.228 e. The molecule has 140 valence electrons. The number of carbonyl (C=O) groups is 1. The average Bonchev–Trinajstić information content (AvgIpc) is 3.10. The SMILES string of the molecule is CCN1CC(CN(C)C(=O)Cc2noc3ccccc23)Oc2ccccc21. The zero-order valence-electron chi connectivity index (χ0n) is 15.6. The lowest BCUT2D eigenvalue weighted by Gasteiger charge is -2.37. The van der Waals surface area contributed by atoms with Crippen molar-refractivity contribution in [2.24, 2.45) is 0 Å². The lowest BCUT2D eigenvalue weighted by atomic mass is 10.1. The molecule has 4 rings (SSSR count). The van der Waals surface area contributed by atoms with Crippen LogP contribution in [0, 0.1) is 0 Å². The molecule has 6 nitrogen and oxygen atoms in total. The second kappa shape index (κ2) is 7.31. The number of fused-ring (bicyclic) bond motifs is 2. The van der Waals surface area contributed by atoms with Crippen LogP contribution in [0.5, 0.6) is 5.75 Å². The number of para-hydroxylation sites is 3. The van der Waals surface area contributed by atoms with Gasteiger partial charge in [-0.3, -0.25) is 4.79 Å². The average molecular weight is 365 g/mol. The molecule has 0 N–H and O–H groups in total. The minimum absolute atomic E-state index is 0.000407. The van der Waals surface area contributed by atoms with Crippen LogP contribution in [0.3, 0.4) is 0 Å². The summed E-state index contributed by atoms with van der Waals surface area (Å²) in [6, 6.07) is 15.6. The van der Waals surface area contributed by atoms with E-state index < -0.39 is 0 Å². The Bertz CT molecular complexity index is 953. The number of aromatic nitrogens is 1. The number of anilines is 1. The fourth-order valence-electron chi connectivity index (χ4n) is 3.52. The van der Waals surface area contributed by atoms with Gasteiger partial charge in [-0.25, -0.2) is 0 Å². The molecule has 1 aliphatic heterocycles. The van der Waals surface area contributed by atoms with Crippen molar-refractivity contribution in [1.29, 1.82) is 0 Å². The number of nitrogens with zero attached hydrogens (tertiary/aromatic N) is 3. The standard InChI is InChI=1S/C21H23N3O3/c1-3-24-14-15(26-20-11-7-5-9-18(20)24)13-23(2)21(25)12-17-16-8-4-6-10-19(16)27-22-17/h4-11,15H,3,12-14H2,1-2H3. The molecule has 1 unspecified atom stereocenters. The van der Waals surface area contributed by atoms with Crippen molar-refractivity contribution < 1.29 is 14.1 Å². The van der Waals surface area contributed by atoms with E-state index in [1.165, 1.54) is 0 Å². The van der Waals surface area contributed by atoms with Crippen molar-refractivity contribution >= 4 is 22.6 Å². The van der Waals surface area contributed by atoms with Crippen molar-refractivity contribution in [3.63, 3.8) is 0 Å². The van der Waals surface area contributed by atoms with Gasteiger partial charge in [0, 0.05) is 19.0 Å². The summed E-state index contributed by atoms with van der Waals surface area (Å²) in [5.74, 6) is 0.874. The number of likely N-dealkylation sites (N-methyl/N-ethyl adjacent to an activating group) is 2. The Balaban J connectivity index is 1.43. The largest absolute Gasteiger partial charge is 0.485 e. The number of rotatable bonds is 5. The Morgan fingerprint density at radius 3 is 2.85 bits per heavy atom. The van der Waals surface area contributed by atoms with Crippen LogP contribution in [0.4, 0.5) is 5.69 Å². The van der Waals surface area contributed by atoms with Crippen LogP contribution in [0.15, 0.2) is 53.1 Å². The van der Waals surface area contributed by atoms with E-state index in [2.05, 4.69) is 23.0 Å². The number of amides is 1. The fraction of sp³-hybridized carbons (Fsp3) is 0.333. The van der Waals surface area contributed by atoms with Crippen LogP contribution in [-0.2, 0) is 11.2 Å². The first-order valence-corrected chi connectivity index (χ1v) is 9.23. The van der Waals surface area contributed by atoms with Crippen LogP contribution >= 0.6 is 0 Å². The van der Waals surface area contributed by atoms with Gasteiger partial charge in [0.15, 0.2) is 5.58 Å². The highest BCUT2D eigenvalue weighted by Crippen LogP contribution is 2.32. The van der Waals surface area contributed by atoms with Gasteiger partial charge >= 0.3 is 0 Å². The molecule has 0 radical (unpaired) electrons. The fourth-order valence-corrected chi connectivity index (χ4v) is 3.52. The summed E-state index contributed by atoms with van der Waals surface area (Å²) in [4.78, 5) is 16.7.